The summed E-state index contributed by atoms with van der Waals surface area (Å²) in [6.07, 6.45) is 1.43. The standard InChI is InChI=1S/C11H10N2O/c1-8-6-9(7-12-14)10-4-2-3-5-11(10)13-8/h2-7,14H,1H3. The van der Waals surface area contributed by atoms with Crippen molar-refractivity contribution in [3.63, 3.8) is 0 Å². The number of fused-ring (bicyclic) bond motifs is 1. The Morgan fingerprint density at radius 2 is 2.14 bits per heavy atom. The van der Waals surface area contributed by atoms with Crippen LogP contribution < -0.4 is 0 Å². The molecule has 0 aliphatic carbocycles. The lowest BCUT2D eigenvalue weighted by molar-refractivity contribution is 0.322. The van der Waals surface area contributed by atoms with Gasteiger partial charge in [0.2, 0.25) is 0 Å². The largest absolute Gasteiger partial charge is 0.411 e. The summed E-state index contributed by atoms with van der Waals surface area (Å²) in [5.74, 6) is 0. The molecule has 70 valence electrons. The minimum Gasteiger partial charge on any atom is -0.411 e. The molecule has 1 heterocycles. The van der Waals surface area contributed by atoms with Gasteiger partial charge in [-0.3, -0.25) is 4.98 Å². The quantitative estimate of drug-likeness (QED) is 0.422. The summed E-state index contributed by atoms with van der Waals surface area (Å²) in [4.78, 5) is 4.38. The molecule has 3 nitrogen and oxygen atoms in total. The molecular weight excluding hydrogens is 176 g/mol. The van der Waals surface area contributed by atoms with Gasteiger partial charge in [-0.1, -0.05) is 23.4 Å². The van der Waals surface area contributed by atoms with Crippen LogP contribution in [0.1, 0.15) is 11.3 Å². The van der Waals surface area contributed by atoms with Crippen molar-refractivity contribution in [1.82, 2.24) is 4.98 Å². The molecule has 0 radical (unpaired) electrons. The molecule has 0 aliphatic rings. The Hall–Kier alpha value is -1.90. The van der Waals surface area contributed by atoms with Crippen LogP contribution in [0.4, 0.5) is 0 Å². The molecule has 0 atom stereocenters. The summed E-state index contributed by atoms with van der Waals surface area (Å²) in [6, 6.07) is 9.67. The number of para-hydroxylation sites is 1. The zero-order chi connectivity index (χ0) is 9.97. The Bertz CT molecular complexity index is 492. The summed E-state index contributed by atoms with van der Waals surface area (Å²) in [5.41, 5.74) is 2.72. The van der Waals surface area contributed by atoms with Gasteiger partial charge in [0, 0.05) is 16.6 Å². The first-order chi connectivity index (χ1) is 6.81. The predicted molar refractivity (Wildman–Crippen MR) is 55.9 cm³/mol. The van der Waals surface area contributed by atoms with Crippen LogP contribution in [-0.4, -0.2) is 16.4 Å². The molecule has 14 heavy (non-hydrogen) atoms. The van der Waals surface area contributed by atoms with E-state index in [0.717, 1.165) is 22.2 Å². The molecular formula is C11H10N2O. The van der Waals surface area contributed by atoms with Gasteiger partial charge in [-0.15, -0.1) is 0 Å². The number of nitrogens with zero attached hydrogens (tertiary/aromatic N) is 2. The minimum absolute atomic E-state index is 0.885. The topological polar surface area (TPSA) is 45.5 Å². The number of aromatic nitrogens is 1. The first-order valence-corrected chi connectivity index (χ1v) is 4.35. The highest BCUT2D eigenvalue weighted by molar-refractivity contribution is 5.98. The highest BCUT2D eigenvalue weighted by atomic mass is 16.4. The molecule has 1 aromatic heterocycles. The monoisotopic (exact) mass is 186 g/mol. The summed E-state index contributed by atoms with van der Waals surface area (Å²) in [5, 5.41) is 12.6. The van der Waals surface area contributed by atoms with Crippen LogP contribution in [0.15, 0.2) is 35.5 Å². The first kappa shape index (κ1) is 8.69. The third kappa shape index (κ3) is 1.44. The van der Waals surface area contributed by atoms with Crippen molar-refractivity contribution in [2.45, 2.75) is 6.92 Å². The average molecular weight is 186 g/mol. The summed E-state index contributed by atoms with van der Waals surface area (Å²) >= 11 is 0. The molecule has 0 amide bonds. The molecule has 2 rings (SSSR count). The number of oxime groups is 1. The second-order valence-electron chi connectivity index (χ2n) is 3.11. The minimum atomic E-state index is 0.885. The lowest BCUT2D eigenvalue weighted by Gasteiger charge is -2.02. The Balaban J connectivity index is 2.79. The molecule has 0 fully saturated rings. The van der Waals surface area contributed by atoms with E-state index in [9.17, 15) is 0 Å². The van der Waals surface area contributed by atoms with Crippen LogP contribution in [0.5, 0.6) is 0 Å². The number of aryl methyl sites for hydroxylation is 1. The molecule has 2 aromatic rings. The number of rotatable bonds is 1. The van der Waals surface area contributed by atoms with Gasteiger partial charge in [-0.2, -0.15) is 0 Å². The molecule has 1 aromatic carbocycles. The zero-order valence-electron chi connectivity index (χ0n) is 7.81. The van der Waals surface area contributed by atoms with Crippen molar-refractivity contribution in [2.24, 2.45) is 5.16 Å². The highest BCUT2D eigenvalue weighted by Gasteiger charge is 2.00. The van der Waals surface area contributed by atoms with Crippen LogP contribution in [-0.2, 0) is 0 Å². The van der Waals surface area contributed by atoms with Gasteiger partial charge in [0.1, 0.15) is 0 Å². The van der Waals surface area contributed by atoms with Crippen molar-refractivity contribution < 1.29 is 5.21 Å². The third-order valence-corrected chi connectivity index (χ3v) is 2.07. The van der Waals surface area contributed by atoms with Gasteiger partial charge >= 0.3 is 0 Å². The molecule has 3 heteroatoms. The van der Waals surface area contributed by atoms with Crippen LogP contribution >= 0.6 is 0 Å². The van der Waals surface area contributed by atoms with E-state index in [1.54, 1.807) is 0 Å². The van der Waals surface area contributed by atoms with Gasteiger partial charge in [-0.05, 0) is 19.1 Å². The molecule has 0 aliphatic heterocycles. The predicted octanol–water partition coefficient (Wildman–Crippen LogP) is 2.35. The van der Waals surface area contributed by atoms with E-state index in [2.05, 4.69) is 10.1 Å². The van der Waals surface area contributed by atoms with E-state index in [0.29, 0.717) is 0 Å². The smallest absolute Gasteiger partial charge is 0.0741 e. The van der Waals surface area contributed by atoms with Gasteiger partial charge in [0.05, 0.1) is 11.7 Å². The van der Waals surface area contributed by atoms with Gasteiger partial charge in [-0.25, -0.2) is 0 Å². The summed E-state index contributed by atoms with van der Waals surface area (Å²) < 4.78 is 0. The van der Waals surface area contributed by atoms with E-state index in [1.807, 2.05) is 37.3 Å². The highest BCUT2D eigenvalue weighted by Crippen LogP contribution is 2.16. The summed E-state index contributed by atoms with van der Waals surface area (Å²) in [7, 11) is 0. The lowest BCUT2D eigenvalue weighted by atomic mass is 10.1. The molecule has 0 saturated carbocycles. The maximum absolute atomic E-state index is 8.52. The van der Waals surface area contributed by atoms with Crippen LogP contribution in [0.25, 0.3) is 10.9 Å². The lowest BCUT2D eigenvalue weighted by Crippen LogP contribution is -1.90. The zero-order valence-corrected chi connectivity index (χ0v) is 7.81. The number of hydrogen-bond donors (Lipinski definition) is 1. The fourth-order valence-corrected chi connectivity index (χ4v) is 1.51. The van der Waals surface area contributed by atoms with Crippen molar-refractivity contribution in [1.29, 1.82) is 0 Å². The second-order valence-corrected chi connectivity index (χ2v) is 3.11. The van der Waals surface area contributed by atoms with Crippen molar-refractivity contribution in [3.8, 4) is 0 Å². The van der Waals surface area contributed by atoms with Crippen LogP contribution in [0, 0.1) is 6.92 Å². The second kappa shape index (κ2) is 3.46. The fourth-order valence-electron chi connectivity index (χ4n) is 1.51. The Kier molecular flexibility index (Phi) is 2.14. The maximum atomic E-state index is 8.52. The first-order valence-electron chi connectivity index (χ1n) is 4.35. The van der Waals surface area contributed by atoms with E-state index in [1.165, 1.54) is 6.21 Å². The molecule has 1 N–H and O–H groups in total. The van der Waals surface area contributed by atoms with Crippen molar-refractivity contribution in [2.75, 3.05) is 0 Å². The van der Waals surface area contributed by atoms with Crippen molar-refractivity contribution in [3.05, 3.63) is 41.6 Å². The number of hydrogen-bond acceptors (Lipinski definition) is 3. The van der Waals surface area contributed by atoms with Crippen LogP contribution in [0.2, 0.25) is 0 Å². The Morgan fingerprint density at radius 1 is 1.36 bits per heavy atom. The third-order valence-electron chi connectivity index (χ3n) is 2.07. The van der Waals surface area contributed by atoms with Gasteiger partial charge < -0.3 is 5.21 Å². The normalized spacial score (nSPS) is 11.2. The molecule has 0 bridgehead atoms. The van der Waals surface area contributed by atoms with Gasteiger partial charge in [0.25, 0.3) is 0 Å². The number of benzene rings is 1. The molecule has 0 saturated heterocycles. The SMILES string of the molecule is Cc1cc(C=NO)c2ccccc2n1. The Labute approximate surface area is 81.7 Å². The average Bonchev–Trinajstić information content (AvgIpc) is 2.18. The van der Waals surface area contributed by atoms with E-state index < -0.39 is 0 Å². The van der Waals surface area contributed by atoms with E-state index >= 15 is 0 Å². The maximum Gasteiger partial charge on any atom is 0.0741 e. The fraction of sp³-hybridized carbons (Fsp3) is 0.0909. The van der Waals surface area contributed by atoms with Crippen molar-refractivity contribution >= 4 is 17.1 Å². The molecule has 0 spiro atoms. The number of pyridine rings is 1. The van der Waals surface area contributed by atoms with Gasteiger partial charge in [0.15, 0.2) is 0 Å². The van der Waals surface area contributed by atoms with E-state index in [4.69, 9.17) is 5.21 Å². The molecule has 0 unspecified atom stereocenters. The van der Waals surface area contributed by atoms with Crippen LogP contribution in [0.3, 0.4) is 0 Å². The summed E-state index contributed by atoms with van der Waals surface area (Å²) in [6.45, 7) is 1.92. The Morgan fingerprint density at radius 3 is 2.93 bits per heavy atom. The van der Waals surface area contributed by atoms with E-state index in [-0.39, 0.29) is 0 Å².